The Bertz CT molecular complexity index is 635. The lowest BCUT2D eigenvalue weighted by Crippen LogP contribution is -2.32. The van der Waals surface area contributed by atoms with Crippen LogP contribution in [-0.4, -0.2) is 22.7 Å². The summed E-state index contributed by atoms with van der Waals surface area (Å²) in [7, 11) is 0. The van der Waals surface area contributed by atoms with Gasteiger partial charge in [-0.15, -0.1) is 0 Å². The number of fused-ring (bicyclic) bond motifs is 1. The Hall–Kier alpha value is -1.88. The van der Waals surface area contributed by atoms with E-state index < -0.39 is 6.09 Å². The van der Waals surface area contributed by atoms with Gasteiger partial charge < -0.3 is 5.11 Å². The largest absolute Gasteiger partial charge is 0.465 e. The molecule has 0 spiro atoms. The molecular weight excluding hydrogens is 260 g/mol. The molecule has 0 fully saturated rings. The molecule has 0 bridgehead atoms. The lowest BCUT2D eigenvalue weighted by Gasteiger charge is -2.18. The van der Waals surface area contributed by atoms with Crippen molar-refractivity contribution < 1.29 is 9.90 Å². The molecule has 2 aromatic rings. The number of aromatic nitrogens is 1. The van der Waals surface area contributed by atoms with Crippen LogP contribution in [0.4, 0.5) is 10.5 Å². The second-order valence-corrected chi connectivity index (χ2v) is 6.13. The fraction of sp³-hybridized carbons (Fsp3) is 0.286. The van der Waals surface area contributed by atoms with Crippen molar-refractivity contribution in [1.82, 2.24) is 4.98 Å². The van der Waals surface area contributed by atoms with Gasteiger partial charge in [0.25, 0.3) is 0 Å². The number of carboxylic acid groups (broad SMARTS) is 1. The van der Waals surface area contributed by atoms with E-state index in [1.165, 1.54) is 4.90 Å². The first-order valence-electron chi connectivity index (χ1n) is 6.02. The summed E-state index contributed by atoms with van der Waals surface area (Å²) in [6, 6.07) is 3.87. The normalized spacial score (nSPS) is 16.4. The monoisotopic (exact) mass is 274 g/mol. The summed E-state index contributed by atoms with van der Waals surface area (Å²) in [4.78, 5) is 17.2. The molecule has 0 aliphatic carbocycles. The Balaban J connectivity index is 2.14. The molecule has 19 heavy (non-hydrogen) atoms. The van der Waals surface area contributed by atoms with E-state index in [-0.39, 0.29) is 5.41 Å². The van der Waals surface area contributed by atoms with Crippen molar-refractivity contribution in [3.63, 3.8) is 0 Å². The number of amides is 1. The Kier molecular flexibility index (Phi) is 2.60. The predicted octanol–water partition coefficient (Wildman–Crippen LogP) is 3.59. The first-order chi connectivity index (χ1) is 8.99. The Morgan fingerprint density at radius 1 is 1.53 bits per heavy atom. The minimum absolute atomic E-state index is 0.187. The summed E-state index contributed by atoms with van der Waals surface area (Å²) in [5.41, 5.74) is 3.42. The Morgan fingerprint density at radius 3 is 2.95 bits per heavy atom. The Labute approximate surface area is 115 Å². The van der Waals surface area contributed by atoms with E-state index in [0.29, 0.717) is 6.54 Å². The molecule has 5 heteroatoms. The van der Waals surface area contributed by atoms with Gasteiger partial charge in [0.2, 0.25) is 0 Å². The molecule has 1 aliphatic heterocycles. The second-order valence-electron chi connectivity index (χ2n) is 5.35. The van der Waals surface area contributed by atoms with Gasteiger partial charge in [0.15, 0.2) is 0 Å². The molecule has 0 radical (unpaired) electrons. The van der Waals surface area contributed by atoms with Crippen LogP contribution in [0.3, 0.4) is 0 Å². The average Bonchev–Trinajstić information content (AvgIpc) is 2.96. The summed E-state index contributed by atoms with van der Waals surface area (Å²) in [6.45, 7) is 4.56. The van der Waals surface area contributed by atoms with Crippen LogP contribution in [0, 0.1) is 0 Å². The van der Waals surface area contributed by atoms with Crippen LogP contribution in [0.1, 0.15) is 19.4 Å². The lowest BCUT2D eigenvalue weighted by molar-refractivity contribution is 0.201. The van der Waals surface area contributed by atoms with E-state index in [1.54, 1.807) is 11.3 Å². The minimum atomic E-state index is -0.908. The average molecular weight is 274 g/mol. The number of hydrogen-bond acceptors (Lipinski definition) is 3. The molecule has 1 aliphatic rings. The van der Waals surface area contributed by atoms with Crippen LogP contribution in [0.15, 0.2) is 29.1 Å². The summed E-state index contributed by atoms with van der Waals surface area (Å²) in [5, 5.41) is 13.3. The van der Waals surface area contributed by atoms with E-state index in [2.05, 4.69) is 4.98 Å². The van der Waals surface area contributed by atoms with Crippen molar-refractivity contribution in [3.8, 4) is 11.3 Å². The van der Waals surface area contributed by atoms with Crippen molar-refractivity contribution in [2.75, 3.05) is 11.4 Å². The molecule has 0 aromatic carbocycles. The molecule has 0 saturated heterocycles. The van der Waals surface area contributed by atoms with Crippen LogP contribution in [0.25, 0.3) is 11.3 Å². The van der Waals surface area contributed by atoms with Gasteiger partial charge in [0, 0.05) is 34.7 Å². The maximum atomic E-state index is 11.4. The van der Waals surface area contributed by atoms with Crippen LogP contribution in [0.5, 0.6) is 0 Å². The van der Waals surface area contributed by atoms with Crippen molar-refractivity contribution in [2.45, 2.75) is 19.3 Å². The first-order valence-corrected chi connectivity index (χ1v) is 6.97. The SMILES string of the molecule is CC1(C)CN(C(=O)O)c2cc(-c3ccsc3)ncc21. The van der Waals surface area contributed by atoms with Crippen LogP contribution in [-0.2, 0) is 5.41 Å². The summed E-state index contributed by atoms with van der Waals surface area (Å²) < 4.78 is 0. The maximum Gasteiger partial charge on any atom is 0.411 e. The number of anilines is 1. The molecule has 0 atom stereocenters. The first kappa shape index (κ1) is 12.2. The minimum Gasteiger partial charge on any atom is -0.465 e. The van der Waals surface area contributed by atoms with E-state index in [0.717, 1.165) is 22.5 Å². The standard InChI is InChI=1S/C14H14N2O2S/c1-14(2)8-16(13(17)18)12-5-11(15-6-10(12)14)9-3-4-19-7-9/h3-7H,8H2,1-2H3,(H,17,18). The zero-order valence-electron chi connectivity index (χ0n) is 10.8. The molecule has 1 N–H and O–H groups in total. The maximum absolute atomic E-state index is 11.4. The predicted molar refractivity (Wildman–Crippen MR) is 75.9 cm³/mol. The number of hydrogen-bond donors (Lipinski definition) is 1. The van der Waals surface area contributed by atoms with Crippen molar-refractivity contribution in [2.24, 2.45) is 0 Å². The molecule has 4 nitrogen and oxygen atoms in total. The molecule has 98 valence electrons. The quantitative estimate of drug-likeness (QED) is 0.864. The van der Waals surface area contributed by atoms with Gasteiger partial charge in [0.05, 0.1) is 11.4 Å². The zero-order chi connectivity index (χ0) is 13.6. The fourth-order valence-electron chi connectivity index (χ4n) is 2.49. The topological polar surface area (TPSA) is 53.4 Å². The van der Waals surface area contributed by atoms with E-state index in [4.69, 9.17) is 0 Å². The highest BCUT2D eigenvalue weighted by atomic mass is 32.1. The fourth-order valence-corrected chi connectivity index (χ4v) is 3.14. The van der Waals surface area contributed by atoms with Gasteiger partial charge in [-0.3, -0.25) is 9.88 Å². The van der Waals surface area contributed by atoms with Gasteiger partial charge in [-0.1, -0.05) is 13.8 Å². The third-order valence-electron chi connectivity index (χ3n) is 3.50. The Morgan fingerprint density at radius 2 is 2.32 bits per heavy atom. The van der Waals surface area contributed by atoms with Gasteiger partial charge in [-0.05, 0) is 17.5 Å². The highest BCUT2D eigenvalue weighted by Crippen LogP contribution is 2.41. The van der Waals surface area contributed by atoms with E-state index in [1.807, 2.05) is 42.9 Å². The third-order valence-corrected chi connectivity index (χ3v) is 4.19. The molecule has 2 aromatic heterocycles. The van der Waals surface area contributed by atoms with Crippen molar-refractivity contribution >= 4 is 23.1 Å². The van der Waals surface area contributed by atoms with Gasteiger partial charge in [-0.25, -0.2) is 4.79 Å². The molecule has 1 amide bonds. The summed E-state index contributed by atoms with van der Waals surface area (Å²) in [5.74, 6) is 0. The van der Waals surface area contributed by atoms with Crippen molar-refractivity contribution in [3.05, 3.63) is 34.7 Å². The van der Waals surface area contributed by atoms with Gasteiger partial charge in [0.1, 0.15) is 0 Å². The number of pyridine rings is 1. The van der Waals surface area contributed by atoms with Crippen LogP contribution >= 0.6 is 11.3 Å². The summed E-state index contributed by atoms with van der Waals surface area (Å²) >= 11 is 1.60. The van der Waals surface area contributed by atoms with Gasteiger partial charge in [-0.2, -0.15) is 11.3 Å². The van der Waals surface area contributed by atoms with Crippen molar-refractivity contribution in [1.29, 1.82) is 0 Å². The smallest absolute Gasteiger partial charge is 0.411 e. The number of thiophene rings is 1. The summed E-state index contributed by atoms with van der Waals surface area (Å²) in [6.07, 6.45) is 0.903. The highest BCUT2D eigenvalue weighted by molar-refractivity contribution is 7.08. The van der Waals surface area contributed by atoms with E-state index >= 15 is 0 Å². The van der Waals surface area contributed by atoms with Gasteiger partial charge >= 0.3 is 6.09 Å². The molecule has 0 unspecified atom stereocenters. The van der Waals surface area contributed by atoms with E-state index in [9.17, 15) is 9.90 Å². The second kappa shape index (κ2) is 4.06. The molecule has 3 heterocycles. The molecule has 0 saturated carbocycles. The number of carbonyl (C=O) groups is 1. The highest BCUT2D eigenvalue weighted by Gasteiger charge is 2.38. The number of nitrogens with zero attached hydrogens (tertiary/aromatic N) is 2. The van der Waals surface area contributed by atoms with Crippen LogP contribution in [0.2, 0.25) is 0 Å². The lowest BCUT2D eigenvalue weighted by atomic mass is 9.88. The van der Waals surface area contributed by atoms with Crippen LogP contribution < -0.4 is 4.90 Å². The third kappa shape index (κ3) is 1.90. The zero-order valence-corrected chi connectivity index (χ0v) is 11.6. The molecular formula is C14H14N2O2S. The number of rotatable bonds is 1. The molecule has 3 rings (SSSR count).